The quantitative estimate of drug-likeness (QED) is 0.661. The molecule has 2 N–H and O–H groups in total. The van der Waals surface area contributed by atoms with Crippen LogP contribution in [0.1, 0.15) is 10.4 Å². The zero-order valence-corrected chi connectivity index (χ0v) is 14.8. The summed E-state index contributed by atoms with van der Waals surface area (Å²) >= 11 is 0. The zero-order chi connectivity index (χ0) is 19.3. The van der Waals surface area contributed by atoms with Crippen LogP contribution in [0.4, 0.5) is 5.69 Å². The van der Waals surface area contributed by atoms with Crippen molar-refractivity contribution in [2.24, 2.45) is 0 Å². The van der Waals surface area contributed by atoms with Crippen molar-refractivity contribution < 1.29 is 23.8 Å². The van der Waals surface area contributed by atoms with E-state index in [1.54, 1.807) is 54.9 Å². The van der Waals surface area contributed by atoms with Gasteiger partial charge in [0.05, 0.1) is 5.56 Å². The average Bonchev–Trinajstić information content (AvgIpc) is 3.27. The third-order valence-corrected chi connectivity index (χ3v) is 4.05. The van der Waals surface area contributed by atoms with Gasteiger partial charge in [-0.3, -0.25) is 4.79 Å². The normalized spacial score (nSPS) is 12.3. The van der Waals surface area contributed by atoms with Gasteiger partial charge in [-0.1, -0.05) is 12.1 Å². The van der Waals surface area contributed by atoms with Crippen molar-refractivity contribution in [1.82, 2.24) is 9.97 Å². The maximum atomic E-state index is 12.1. The Morgan fingerprint density at radius 3 is 2.61 bits per heavy atom. The van der Waals surface area contributed by atoms with Crippen LogP contribution in [0.2, 0.25) is 0 Å². The highest BCUT2D eigenvalue weighted by Gasteiger charge is 2.14. The van der Waals surface area contributed by atoms with Crippen LogP contribution in [-0.4, -0.2) is 41.7 Å². The summed E-state index contributed by atoms with van der Waals surface area (Å²) in [5, 5.41) is 2.66. The molecule has 2 aromatic carbocycles. The lowest BCUT2D eigenvalue weighted by atomic mass is 10.1. The number of anilines is 1. The molecule has 142 valence electrons. The minimum absolute atomic E-state index is 0.349. The molecule has 0 radical (unpaired) electrons. The number of imidazole rings is 1. The van der Waals surface area contributed by atoms with Gasteiger partial charge in [0.25, 0.3) is 5.91 Å². The van der Waals surface area contributed by atoms with E-state index in [2.05, 4.69) is 15.3 Å². The van der Waals surface area contributed by atoms with E-state index in [1.165, 1.54) is 0 Å². The molecule has 28 heavy (non-hydrogen) atoms. The Balaban J connectivity index is 1.31. The number of amides is 1. The van der Waals surface area contributed by atoms with Crippen LogP contribution < -0.4 is 14.8 Å². The Morgan fingerprint density at radius 2 is 1.86 bits per heavy atom. The summed E-state index contributed by atoms with van der Waals surface area (Å²) < 4.78 is 16.0. The molecule has 8 nitrogen and oxygen atoms in total. The Morgan fingerprint density at radius 1 is 1.07 bits per heavy atom. The molecule has 0 saturated heterocycles. The number of hydrogen-bond acceptors (Lipinski definition) is 6. The first-order valence-electron chi connectivity index (χ1n) is 8.65. The Labute approximate surface area is 160 Å². The number of rotatable bonds is 5. The molecule has 4 rings (SSSR count). The maximum Gasteiger partial charge on any atom is 0.338 e. The molecule has 2 heterocycles. The molecule has 8 heteroatoms. The van der Waals surface area contributed by atoms with Gasteiger partial charge in [-0.15, -0.1) is 0 Å². The lowest BCUT2D eigenvalue weighted by molar-refractivity contribution is -0.119. The Hall–Kier alpha value is -3.81. The summed E-state index contributed by atoms with van der Waals surface area (Å²) in [5.74, 6) is 0.880. The van der Waals surface area contributed by atoms with Crippen LogP contribution in [0.15, 0.2) is 54.9 Å². The van der Waals surface area contributed by atoms with Gasteiger partial charge in [0.1, 0.15) is 19.0 Å². The van der Waals surface area contributed by atoms with Gasteiger partial charge in [0.15, 0.2) is 18.1 Å². The molecular formula is C20H17N3O5. The summed E-state index contributed by atoms with van der Waals surface area (Å²) in [4.78, 5) is 31.3. The summed E-state index contributed by atoms with van der Waals surface area (Å²) in [7, 11) is 0. The van der Waals surface area contributed by atoms with Gasteiger partial charge in [-0.2, -0.15) is 0 Å². The lowest BCUT2D eigenvalue weighted by Gasteiger charge is -2.19. The van der Waals surface area contributed by atoms with E-state index in [0.717, 1.165) is 5.56 Å². The fourth-order valence-corrected chi connectivity index (χ4v) is 2.72. The molecule has 1 amide bonds. The zero-order valence-electron chi connectivity index (χ0n) is 14.8. The first kappa shape index (κ1) is 17.6. The largest absolute Gasteiger partial charge is 0.486 e. The molecule has 0 unspecified atom stereocenters. The number of carbonyl (C=O) groups excluding carboxylic acids is 2. The number of H-pyrrole nitrogens is 1. The molecule has 1 aliphatic rings. The van der Waals surface area contributed by atoms with Crippen LogP contribution >= 0.6 is 0 Å². The molecule has 0 atom stereocenters. The van der Waals surface area contributed by atoms with E-state index in [0.29, 0.717) is 41.8 Å². The van der Waals surface area contributed by atoms with E-state index in [-0.39, 0.29) is 0 Å². The molecule has 0 spiro atoms. The minimum Gasteiger partial charge on any atom is -0.486 e. The van der Waals surface area contributed by atoms with Gasteiger partial charge in [0.2, 0.25) is 0 Å². The number of nitrogens with one attached hydrogen (secondary N) is 2. The van der Waals surface area contributed by atoms with Gasteiger partial charge in [0, 0.05) is 29.7 Å². The standard InChI is InChI=1S/C20H17N3O5/c24-18(23-15-5-6-16-17(11-15)27-10-9-26-16)12-28-20(25)14-3-1-13(2-4-14)19-21-7-8-22-19/h1-8,11H,9-10,12H2,(H,21,22)(H,23,24). The van der Waals surface area contributed by atoms with Gasteiger partial charge < -0.3 is 24.5 Å². The van der Waals surface area contributed by atoms with Gasteiger partial charge in [-0.25, -0.2) is 9.78 Å². The highest BCUT2D eigenvalue weighted by molar-refractivity contribution is 5.95. The predicted octanol–water partition coefficient (Wildman–Crippen LogP) is 2.64. The number of fused-ring (bicyclic) bond motifs is 1. The molecule has 3 aromatic rings. The first-order valence-corrected chi connectivity index (χ1v) is 8.65. The molecule has 0 fully saturated rings. The fourth-order valence-electron chi connectivity index (χ4n) is 2.72. The first-order chi connectivity index (χ1) is 13.7. The van der Waals surface area contributed by atoms with E-state index in [9.17, 15) is 9.59 Å². The number of benzene rings is 2. The highest BCUT2D eigenvalue weighted by atomic mass is 16.6. The van der Waals surface area contributed by atoms with E-state index >= 15 is 0 Å². The SMILES string of the molecule is O=C(COC(=O)c1ccc(-c2ncc[nH]2)cc1)Nc1ccc2c(c1)OCCO2. The third-order valence-electron chi connectivity index (χ3n) is 4.05. The van der Waals surface area contributed by atoms with Crippen molar-refractivity contribution in [1.29, 1.82) is 0 Å². The van der Waals surface area contributed by atoms with E-state index < -0.39 is 18.5 Å². The number of ether oxygens (including phenoxy) is 3. The Bertz CT molecular complexity index is 984. The van der Waals surface area contributed by atoms with Crippen LogP contribution in [0, 0.1) is 0 Å². The minimum atomic E-state index is -0.580. The van der Waals surface area contributed by atoms with Crippen molar-refractivity contribution in [2.45, 2.75) is 0 Å². The second-order valence-corrected chi connectivity index (χ2v) is 6.00. The van der Waals surface area contributed by atoms with Crippen LogP contribution in [0.5, 0.6) is 11.5 Å². The average molecular weight is 379 g/mol. The fraction of sp³-hybridized carbons (Fsp3) is 0.150. The van der Waals surface area contributed by atoms with E-state index in [1.807, 2.05) is 0 Å². The van der Waals surface area contributed by atoms with Gasteiger partial charge >= 0.3 is 5.97 Å². The van der Waals surface area contributed by atoms with Crippen molar-refractivity contribution in [3.8, 4) is 22.9 Å². The molecular weight excluding hydrogens is 362 g/mol. The molecule has 1 aromatic heterocycles. The van der Waals surface area contributed by atoms with Crippen molar-refractivity contribution in [2.75, 3.05) is 25.1 Å². The van der Waals surface area contributed by atoms with Gasteiger partial charge in [-0.05, 0) is 24.3 Å². The number of hydrogen-bond donors (Lipinski definition) is 2. The highest BCUT2D eigenvalue weighted by Crippen LogP contribution is 2.32. The Kier molecular flexibility index (Phi) is 4.92. The van der Waals surface area contributed by atoms with Crippen LogP contribution in [0.3, 0.4) is 0 Å². The van der Waals surface area contributed by atoms with Crippen molar-refractivity contribution in [3.63, 3.8) is 0 Å². The smallest absolute Gasteiger partial charge is 0.338 e. The predicted molar refractivity (Wildman–Crippen MR) is 100 cm³/mol. The molecule has 0 aliphatic carbocycles. The second-order valence-electron chi connectivity index (χ2n) is 6.00. The topological polar surface area (TPSA) is 103 Å². The monoisotopic (exact) mass is 379 g/mol. The third kappa shape index (κ3) is 3.96. The lowest BCUT2D eigenvalue weighted by Crippen LogP contribution is -2.21. The molecule has 1 aliphatic heterocycles. The van der Waals surface area contributed by atoms with Crippen LogP contribution in [-0.2, 0) is 9.53 Å². The summed E-state index contributed by atoms with van der Waals surface area (Å²) in [6.07, 6.45) is 3.37. The number of esters is 1. The van der Waals surface area contributed by atoms with Crippen molar-refractivity contribution in [3.05, 3.63) is 60.4 Å². The number of nitrogens with zero attached hydrogens (tertiary/aromatic N) is 1. The molecule has 0 bridgehead atoms. The number of aromatic nitrogens is 2. The summed E-state index contributed by atoms with van der Waals surface area (Å²) in [6, 6.07) is 11.8. The summed E-state index contributed by atoms with van der Waals surface area (Å²) in [5.41, 5.74) is 1.73. The summed E-state index contributed by atoms with van der Waals surface area (Å²) in [6.45, 7) is 0.561. The van der Waals surface area contributed by atoms with E-state index in [4.69, 9.17) is 14.2 Å². The number of aromatic amines is 1. The second kappa shape index (κ2) is 7.83. The number of carbonyl (C=O) groups is 2. The molecule has 0 saturated carbocycles. The van der Waals surface area contributed by atoms with Crippen LogP contribution in [0.25, 0.3) is 11.4 Å². The van der Waals surface area contributed by atoms with Crippen molar-refractivity contribution >= 4 is 17.6 Å². The maximum absolute atomic E-state index is 12.1.